The molecule has 0 fully saturated rings. The van der Waals surface area contributed by atoms with Gasteiger partial charge in [-0.25, -0.2) is 13.1 Å². The van der Waals surface area contributed by atoms with Crippen LogP contribution >= 0.6 is 0 Å². The Kier molecular flexibility index (Phi) is 9.00. The number of benzene rings is 3. The molecule has 1 heterocycles. The third-order valence-corrected chi connectivity index (χ3v) is 9.00. The van der Waals surface area contributed by atoms with E-state index in [4.69, 9.17) is 4.74 Å². The van der Waals surface area contributed by atoms with Gasteiger partial charge in [-0.1, -0.05) is 36.4 Å². The highest BCUT2D eigenvalue weighted by Crippen LogP contribution is 2.28. The average molecular weight is 631 g/mol. The molecule has 0 unspecified atom stereocenters. The maximum absolute atomic E-state index is 13.7. The smallest absolute Gasteiger partial charge is 0.422 e. The van der Waals surface area contributed by atoms with Crippen molar-refractivity contribution in [2.45, 2.75) is 38.4 Å². The fourth-order valence-electron chi connectivity index (χ4n) is 5.06. The zero-order valence-corrected chi connectivity index (χ0v) is 26.0. The van der Waals surface area contributed by atoms with Crippen molar-refractivity contribution in [3.63, 3.8) is 0 Å². The van der Waals surface area contributed by atoms with E-state index in [1.165, 1.54) is 47.9 Å². The van der Waals surface area contributed by atoms with Crippen LogP contribution in [0.15, 0.2) is 76.4 Å². The van der Waals surface area contributed by atoms with Gasteiger partial charge in [-0.2, -0.15) is 13.2 Å². The summed E-state index contributed by atoms with van der Waals surface area (Å²) in [6, 6.07) is 17.7. The number of halogens is 3. The summed E-state index contributed by atoms with van der Waals surface area (Å²) in [6.07, 6.45) is -4.47. The van der Waals surface area contributed by atoms with Gasteiger partial charge < -0.3 is 9.64 Å². The van der Waals surface area contributed by atoms with Crippen LogP contribution in [-0.4, -0.2) is 55.5 Å². The average Bonchev–Trinajstić information content (AvgIpc) is 3.18. The molecule has 0 bridgehead atoms. The molecule has 234 valence electrons. The first-order chi connectivity index (χ1) is 20.5. The summed E-state index contributed by atoms with van der Waals surface area (Å²) in [5, 5.41) is 0. The van der Waals surface area contributed by atoms with Crippen molar-refractivity contribution in [3.05, 3.63) is 105 Å². The molecule has 1 amide bonds. The predicted octanol–water partition coefficient (Wildman–Crippen LogP) is 5.14. The molecule has 0 spiro atoms. The summed E-state index contributed by atoms with van der Waals surface area (Å²) in [5.41, 5.74) is 2.20. The van der Waals surface area contributed by atoms with Gasteiger partial charge in [0, 0.05) is 33.3 Å². The molecule has 4 aromatic rings. The van der Waals surface area contributed by atoms with Gasteiger partial charge in [0.1, 0.15) is 11.4 Å². The first kappa shape index (κ1) is 32.4. The van der Waals surface area contributed by atoms with Gasteiger partial charge in [0.05, 0.1) is 16.3 Å². The molecule has 0 aliphatic carbocycles. The Balaban J connectivity index is 1.58. The second-order valence-corrected chi connectivity index (χ2v) is 12.5. The highest BCUT2D eigenvalue weighted by atomic mass is 32.2. The van der Waals surface area contributed by atoms with Gasteiger partial charge in [0.25, 0.3) is 21.5 Å². The minimum Gasteiger partial charge on any atom is -0.484 e. The van der Waals surface area contributed by atoms with E-state index in [0.29, 0.717) is 28.1 Å². The number of hydrogen-bond acceptors (Lipinski definition) is 5. The topological polar surface area (TPSA) is 93.9 Å². The molecule has 1 aromatic heterocycles. The maximum Gasteiger partial charge on any atom is 0.422 e. The number of carbonyl (C=O) groups is 1. The van der Waals surface area contributed by atoms with Crippen LogP contribution in [0.4, 0.5) is 18.9 Å². The lowest BCUT2D eigenvalue weighted by molar-refractivity contribution is -0.153. The number of aryl methyl sites for hydroxylation is 2. The Morgan fingerprint density at radius 3 is 2.14 bits per heavy atom. The third kappa shape index (κ3) is 6.52. The molecule has 0 atom stereocenters. The van der Waals surface area contributed by atoms with Gasteiger partial charge in [0.15, 0.2) is 6.61 Å². The van der Waals surface area contributed by atoms with Crippen molar-refractivity contribution in [3.8, 4) is 11.4 Å². The minimum absolute atomic E-state index is 0.0291. The Bertz CT molecular complexity index is 1840. The quantitative estimate of drug-likeness (QED) is 0.255. The first-order valence-electron chi connectivity index (χ1n) is 13.5. The van der Waals surface area contributed by atoms with Crippen LogP contribution in [0.1, 0.15) is 32.7 Å². The highest BCUT2D eigenvalue weighted by molar-refractivity contribution is 7.92. The van der Waals surface area contributed by atoms with E-state index in [-0.39, 0.29) is 28.4 Å². The Hall–Kier alpha value is -4.52. The molecule has 9 nitrogen and oxygen atoms in total. The Morgan fingerprint density at radius 2 is 1.55 bits per heavy atom. The van der Waals surface area contributed by atoms with E-state index in [0.717, 1.165) is 4.31 Å². The normalized spacial score (nSPS) is 11.8. The van der Waals surface area contributed by atoms with Crippen molar-refractivity contribution < 1.29 is 31.1 Å². The zero-order valence-electron chi connectivity index (χ0n) is 25.1. The Morgan fingerprint density at radius 1 is 0.932 bits per heavy atom. The van der Waals surface area contributed by atoms with E-state index in [1.807, 2.05) is 6.07 Å². The second kappa shape index (κ2) is 12.2. The molecule has 0 saturated heterocycles. The predicted molar refractivity (Wildman–Crippen MR) is 161 cm³/mol. The zero-order chi connectivity index (χ0) is 32.6. The highest BCUT2D eigenvalue weighted by Gasteiger charge is 2.30. The lowest BCUT2D eigenvalue weighted by Crippen LogP contribution is -2.32. The van der Waals surface area contributed by atoms with Gasteiger partial charge in [-0.3, -0.25) is 18.6 Å². The molecule has 44 heavy (non-hydrogen) atoms. The molecular weight excluding hydrogens is 597 g/mol. The number of alkyl halides is 3. The monoisotopic (exact) mass is 630 g/mol. The molecule has 13 heteroatoms. The molecule has 4 rings (SSSR count). The third-order valence-electron chi connectivity index (χ3n) is 7.24. The largest absolute Gasteiger partial charge is 0.484 e. The van der Waals surface area contributed by atoms with Crippen LogP contribution in [-0.2, 0) is 23.6 Å². The van der Waals surface area contributed by atoms with Crippen molar-refractivity contribution >= 4 is 21.6 Å². The van der Waals surface area contributed by atoms with Crippen LogP contribution in [0.25, 0.3) is 5.69 Å². The number of anilines is 1. The fraction of sp³-hybridized carbons (Fsp3) is 0.290. The lowest BCUT2D eigenvalue weighted by atomic mass is 10.0. The number of para-hydroxylation sites is 1. The summed E-state index contributed by atoms with van der Waals surface area (Å²) in [4.78, 5) is 28.0. The van der Waals surface area contributed by atoms with Gasteiger partial charge in [-0.15, -0.1) is 0 Å². The summed E-state index contributed by atoms with van der Waals surface area (Å²) in [6.45, 7) is 3.60. The Labute approximate surface area is 253 Å². The van der Waals surface area contributed by atoms with E-state index >= 15 is 0 Å². The number of hydrogen-bond donors (Lipinski definition) is 0. The van der Waals surface area contributed by atoms with Crippen molar-refractivity contribution in [2.24, 2.45) is 7.05 Å². The molecule has 3 aromatic carbocycles. The van der Waals surface area contributed by atoms with Gasteiger partial charge in [0.2, 0.25) is 0 Å². The number of sulfonamides is 1. The maximum atomic E-state index is 13.7. The standard InChI is InChI=1S/C31H33F3N4O5S/c1-20-15-23(16-21(2)28(20)43-19-31(32,33)34)18-35(4)29(39)24-11-10-14-26(17-24)44(41,42)37(6)27-22(3)36(5)38(30(27)40)25-12-8-7-9-13-25/h7-17H,18-19H2,1-6H3. The van der Waals surface area contributed by atoms with Crippen molar-refractivity contribution in [1.82, 2.24) is 14.3 Å². The molecular formula is C31H33F3N4O5S. The second-order valence-electron chi connectivity index (χ2n) is 10.5. The van der Waals surface area contributed by atoms with Crippen LogP contribution in [0.3, 0.4) is 0 Å². The van der Waals surface area contributed by atoms with Crippen LogP contribution < -0.4 is 14.6 Å². The van der Waals surface area contributed by atoms with Gasteiger partial charge in [-0.05, 0) is 67.8 Å². The van der Waals surface area contributed by atoms with Crippen molar-refractivity contribution in [2.75, 3.05) is 25.0 Å². The number of nitrogens with zero attached hydrogens (tertiary/aromatic N) is 4. The SMILES string of the molecule is Cc1cc(CN(C)C(=O)c2cccc(S(=O)(=O)N(C)c3c(C)n(C)n(-c4ccccc4)c3=O)c2)cc(C)c1OCC(F)(F)F. The van der Waals surface area contributed by atoms with E-state index in [2.05, 4.69) is 0 Å². The molecule has 0 aliphatic rings. The number of ether oxygens (including phenoxy) is 1. The molecule has 0 aliphatic heterocycles. The molecule has 0 saturated carbocycles. The van der Waals surface area contributed by atoms with Crippen LogP contribution in [0.5, 0.6) is 5.75 Å². The van der Waals surface area contributed by atoms with E-state index in [9.17, 15) is 31.2 Å². The van der Waals surface area contributed by atoms with Crippen LogP contribution in [0, 0.1) is 20.8 Å². The summed E-state index contributed by atoms with van der Waals surface area (Å²) in [5.74, 6) is -0.342. The number of amides is 1. The number of rotatable bonds is 9. The van der Waals surface area contributed by atoms with Crippen LogP contribution in [0.2, 0.25) is 0 Å². The van der Waals surface area contributed by atoms with Gasteiger partial charge >= 0.3 is 6.18 Å². The first-order valence-corrected chi connectivity index (χ1v) is 14.9. The number of aromatic nitrogens is 2. The van der Waals surface area contributed by atoms with E-state index in [1.54, 1.807) is 68.9 Å². The lowest BCUT2D eigenvalue weighted by Gasteiger charge is -2.21. The molecule has 0 N–H and O–H groups in total. The summed E-state index contributed by atoms with van der Waals surface area (Å²) >= 11 is 0. The summed E-state index contributed by atoms with van der Waals surface area (Å²) in [7, 11) is 0.237. The summed E-state index contributed by atoms with van der Waals surface area (Å²) < 4.78 is 74.2. The van der Waals surface area contributed by atoms with Crippen molar-refractivity contribution in [1.29, 1.82) is 0 Å². The minimum atomic E-state index is -4.47. The number of carbonyl (C=O) groups excluding carboxylic acids is 1. The van der Waals surface area contributed by atoms with E-state index < -0.39 is 34.3 Å². The molecule has 0 radical (unpaired) electrons. The fourth-order valence-corrected chi connectivity index (χ4v) is 6.36.